The molecule has 2 amide bonds. The summed E-state index contributed by atoms with van der Waals surface area (Å²) in [4.78, 5) is 26.8. The van der Waals surface area contributed by atoms with Gasteiger partial charge in [0.05, 0.1) is 11.8 Å². The minimum Gasteiger partial charge on any atom is -0.443 e. The van der Waals surface area contributed by atoms with Gasteiger partial charge in [-0.15, -0.1) is 0 Å². The predicted molar refractivity (Wildman–Crippen MR) is 109 cm³/mol. The van der Waals surface area contributed by atoms with Crippen LogP contribution in [0.5, 0.6) is 0 Å². The zero-order chi connectivity index (χ0) is 21.3. The molecule has 29 heavy (non-hydrogen) atoms. The first-order valence-electron chi connectivity index (χ1n) is 9.38. The van der Waals surface area contributed by atoms with Crippen molar-refractivity contribution in [1.29, 1.82) is 0 Å². The Labute approximate surface area is 169 Å². The molecule has 6 heteroatoms. The number of aliphatic hydroxyl groups is 1. The summed E-state index contributed by atoms with van der Waals surface area (Å²) in [7, 11) is 0. The molecule has 0 bridgehead atoms. The summed E-state index contributed by atoms with van der Waals surface area (Å²) in [6, 6.07) is 12.6. The monoisotopic (exact) mass is 397 g/mol. The number of carbonyl (C=O) groups excluding carboxylic acids is 2. The number of benzene rings is 2. The molecule has 1 atom stereocenters. The number of ether oxygens (including phenoxy) is 1. The first-order chi connectivity index (χ1) is 13.6. The lowest BCUT2D eigenvalue weighted by molar-refractivity contribution is -0.112. The SMILES string of the molecule is C/C(C[C@@H](O)c1ccc(F)cc1)=C1/C(=O)N(C(=O)OC(C)(C)C)c2ccccc21. The van der Waals surface area contributed by atoms with Gasteiger partial charge in [0.25, 0.3) is 5.91 Å². The summed E-state index contributed by atoms with van der Waals surface area (Å²) >= 11 is 0. The van der Waals surface area contributed by atoms with E-state index in [-0.39, 0.29) is 12.2 Å². The van der Waals surface area contributed by atoms with Crippen molar-refractivity contribution in [1.82, 2.24) is 0 Å². The van der Waals surface area contributed by atoms with Gasteiger partial charge in [0.1, 0.15) is 11.4 Å². The Bertz CT molecular complexity index is 973. The van der Waals surface area contributed by atoms with Gasteiger partial charge in [-0.25, -0.2) is 14.1 Å². The van der Waals surface area contributed by atoms with Crippen molar-refractivity contribution < 1.29 is 23.8 Å². The van der Waals surface area contributed by atoms with Crippen molar-refractivity contribution in [2.45, 2.75) is 45.8 Å². The molecule has 3 rings (SSSR count). The van der Waals surface area contributed by atoms with E-state index in [0.29, 0.717) is 28.0 Å². The Balaban J connectivity index is 1.95. The van der Waals surface area contributed by atoms with Crippen LogP contribution in [0, 0.1) is 5.82 Å². The highest BCUT2D eigenvalue weighted by Crippen LogP contribution is 2.40. The first-order valence-corrected chi connectivity index (χ1v) is 9.38. The van der Waals surface area contributed by atoms with Gasteiger partial charge in [-0.1, -0.05) is 35.9 Å². The molecule has 1 heterocycles. The molecule has 1 aliphatic heterocycles. The van der Waals surface area contributed by atoms with Gasteiger partial charge in [0.15, 0.2) is 0 Å². The number of hydrogen-bond acceptors (Lipinski definition) is 4. The molecule has 0 saturated carbocycles. The van der Waals surface area contributed by atoms with E-state index in [9.17, 15) is 19.1 Å². The fraction of sp³-hybridized carbons (Fsp3) is 0.304. The topological polar surface area (TPSA) is 66.8 Å². The number of amides is 2. The van der Waals surface area contributed by atoms with Crippen LogP contribution >= 0.6 is 0 Å². The number of rotatable bonds is 3. The van der Waals surface area contributed by atoms with Gasteiger partial charge in [-0.05, 0) is 57.9 Å². The summed E-state index contributed by atoms with van der Waals surface area (Å²) in [5.41, 5.74) is 1.88. The normalized spacial score (nSPS) is 16.5. The van der Waals surface area contributed by atoms with Crippen LogP contribution in [-0.4, -0.2) is 22.7 Å². The average Bonchev–Trinajstić information content (AvgIpc) is 2.92. The minimum absolute atomic E-state index is 0.170. The zero-order valence-corrected chi connectivity index (χ0v) is 16.9. The molecule has 0 radical (unpaired) electrons. The van der Waals surface area contributed by atoms with Crippen LogP contribution in [0.2, 0.25) is 0 Å². The molecule has 5 nitrogen and oxygen atoms in total. The second-order valence-corrected chi connectivity index (χ2v) is 8.06. The Kier molecular flexibility index (Phi) is 5.57. The number of para-hydroxylation sites is 1. The van der Waals surface area contributed by atoms with Crippen molar-refractivity contribution in [2.75, 3.05) is 4.90 Å². The van der Waals surface area contributed by atoms with Crippen molar-refractivity contribution >= 4 is 23.3 Å². The predicted octanol–water partition coefficient (Wildman–Crippen LogP) is 5.00. The molecule has 0 aromatic heterocycles. The number of anilines is 1. The number of nitrogens with zero attached hydrogens (tertiary/aromatic N) is 1. The Morgan fingerprint density at radius 2 is 1.76 bits per heavy atom. The second kappa shape index (κ2) is 7.79. The quantitative estimate of drug-likeness (QED) is 0.740. The van der Waals surface area contributed by atoms with Gasteiger partial charge in [-0.3, -0.25) is 4.79 Å². The number of halogens is 1. The van der Waals surface area contributed by atoms with Crippen LogP contribution < -0.4 is 4.90 Å². The molecular formula is C23H24FNO4. The lowest BCUT2D eigenvalue weighted by atomic mass is 9.95. The van der Waals surface area contributed by atoms with E-state index in [1.807, 2.05) is 0 Å². The van der Waals surface area contributed by atoms with Crippen molar-refractivity contribution in [2.24, 2.45) is 0 Å². The van der Waals surface area contributed by atoms with E-state index in [4.69, 9.17) is 4.74 Å². The maximum atomic E-state index is 13.1. The third kappa shape index (κ3) is 4.38. The Morgan fingerprint density at radius 3 is 2.38 bits per heavy atom. The first kappa shape index (κ1) is 20.7. The summed E-state index contributed by atoms with van der Waals surface area (Å²) in [6.07, 6.45) is -1.47. The summed E-state index contributed by atoms with van der Waals surface area (Å²) < 4.78 is 18.5. The van der Waals surface area contributed by atoms with Gasteiger partial charge in [-0.2, -0.15) is 0 Å². The van der Waals surface area contributed by atoms with Gasteiger partial charge >= 0.3 is 6.09 Å². The van der Waals surface area contributed by atoms with Crippen molar-refractivity contribution in [3.05, 3.63) is 71.0 Å². The largest absolute Gasteiger partial charge is 0.443 e. The highest BCUT2D eigenvalue weighted by atomic mass is 19.1. The fourth-order valence-electron chi connectivity index (χ4n) is 3.31. The lowest BCUT2D eigenvalue weighted by Gasteiger charge is -2.23. The van der Waals surface area contributed by atoms with E-state index in [0.717, 1.165) is 4.90 Å². The van der Waals surface area contributed by atoms with E-state index in [2.05, 4.69) is 0 Å². The zero-order valence-electron chi connectivity index (χ0n) is 16.9. The average molecular weight is 397 g/mol. The van der Waals surface area contributed by atoms with Crippen LogP contribution in [0.3, 0.4) is 0 Å². The van der Waals surface area contributed by atoms with Crippen molar-refractivity contribution in [3.8, 4) is 0 Å². The van der Waals surface area contributed by atoms with E-state index >= 15 is 0 Å². The molecule has 0 aliphatic carbocycles. The summed E-state index contributed by atoms with van der Waals surface area (Å²) in [5, 5.41) is 10.5. The van der Waals surface area contributed by atoms with E-state index < -0.39 is 23.7 Å². The number of fused-ring (bicyclic) bond motifs is 1. The second-order valence-electron chi connectivity index (χ2n) is 8.06. The van der Waals surface area contributed by atoms with Crippen LogP contribution in [0.4, 0.5) is 14.9 Å². The maximum Gasteiger partial charge on any atom is 0.422 e. The molecule has 2 aromatic rings. The number of hydrogen-bond donors (Lipinski definition) is 1. The molecule has 152 valence electrons. The molecule has 0 fully saturated rings. The number of imide groups is 1. The van der Waals surface area contributed by atoms with Crippen LogP contribution in [-0.2, 0) is 9.53 Å². The van der Waals surface area contributed by atoms with Crippen LogP contribution in [0.25, 0.3) is 5.57 Å². The van der Waals surface area contributed by atoms with Crippen molar-refractivity contribution in [3.63, 3.8) is 0 Å². The summed E-state index contributed by atoms with van der Waals surface area (Å²) in [5.74, 6) is -0.867. The Hall–Kier alpha value is -2.99. The molecule has 0 unspecified atom stereocenters. The molecule has 0 saturated heterocycles. The van der Waals surface area contributed by atoms with Gasteiger partial charge < -0.3 is 9.84 Å². The third-order valence-corrected chi connectivity index (χ3v) is 4.59. The summed E-state index contributed by atoms with van der Waals surface area (Å²) in [6.45, 7) is 6.95. The third-order valence-electron chi connectivity index (χ3n) is 4.59. The minimum atomic E-state index is -0.904. The number of aliphatic hydroxyl groups excluding tert-OH is 1. The molecule has 1 aliphatic rings. The maximum absolute atomic E-state index is 13.1. The molecular weight excluding hydrogens is 373 g/mol. The number of carbonyl (C=O) groups is 2. The highest BCUT2D eigenvalue weighted by molar-refractivity contribution is 6.39. The van der Waals surface area contributed by atoms with Gasteiger partial charge in [0, 0.05) is 11.1 Å². The van der Waals surface area contributed by atoms with Crippen LogP contribution in [0.1, 0.15) is 51.3 Å². The van der Waals surface area contributed by atoms with Crippen LogP contribution in [0.15, 0.2) is 54.1 Å². The standard InChI is InChI=1S/C23H24FNO4/c1-14(13-19(26)15-9-11-16(24)12-10-15)20-17-7-5-6-8-18(17)25(21(20)27)22(28)29-23(2,3)4/h5-12,19,26H,13H2,1-4H3/b20-14-/t19-/m1/s1. The van der Waals surface area contributed by atoms with Gasteiger partial charge in [0.2, 0.25) is 0 Å². The highest BCUT2D eigenvalue weighted by Gasteiger charge is 2.39. The smallest absolute Gasteiger partial charge is 0.422 e. The lowest BCUT2D eigenvalue weighted by Crippen LogP contribution is -2.38. The fourth-order valence-corrected chi connectivity index (χ4v) is 3.31. The molecule has 0 spiro atoms. The Morgan fingerprint density at radius 1 is 1.14 bits per heavy atom. The van der Waals surface area contributed by atoms with E-state index in [1.165, 1.54) is 24.3 Å². The van der Waals surface area contributed by atoms with E-state index in [1.54, 1.807) is 52.0 Å². The molecule has 1 N–H and O–H groups in total. The molecule has 2 aromatic carbocycles.